The van der Waals surface area contributed by atoms with E-state index in [1.165, 1.54) is 17.4 Å². The predicted octanol–water partition coefficient (Wildman–Crippen LogP) is 3.45. The molecular formula is C24H28N2O5S2. The molecule has 2 amide bonds. The molecule has 2 atom stereocenters. The summed E-state index contributed by atoms with van der Waals surface area (Å²) in [5.41, 5.74) is 2.31. The Balaban J connectivity index is 1.53. The van der Waals surface area contributed by atoms with Gasteiger partial charge in [0.15, 0.2) is 9.84 Å². The van der Waals surface area contributed by atoms with Crippen molar-refractivity contribution >= 4 is 44.1 Å². The molecule has 1 aromatic carbocycles. The lowest BCUT2D eigenvalue weighted by Crippen LogP contribution is -2.36. The van der Waals surface area contributed by atoms with Crippen LogP contribution in [0.1, 0.15) is 46.1 Å². The van der Waals surface area contributed by atoms with Crippen molar-refractivity contribution in [1.82, 2.24) is 5.32 Å². The monoisotopic (exact) mass is 488 g/mol. The second-order valence-electron chi connectivity index (χ2n) is 8.73. The molecule has 9 heteroatoms. The summed E-state index contributed by atoms with van der Waals surface area (Å²) in [7, 11) is -1.50. The number of sulfone groups is 1. The molecule has 33 heavy (non-hydrogen) atoms. The average Bonchev–Trinajstić information content (AvgIpc) is 3.30. The summed E-state index contributed by atoms with van der Waals surface area (Å²) < 4.78 is 28.7. The van der Waals surface area contributed by atoms with Crippen molar-refractivity contribution in [1.29, 1.82) is 0 Å². The van der Waals surface area contributed by atoms with Gasteiger partial charge >= 0.3 is 0 Å². The molecule has 7 nitrogen and oxygen atoms in total. The third-order valence-electron chi connectivity index (χ3n) is 6.09. The second-order valence-corrected chi connectivity index (χ2v) is 12.1. The first kappa shape index (κ1) is 23.5. The van der Waals surface area contributed by atoms with Crippen molar-refractivity contribution in [3.63, 3.8) is 0 Å². The number of nitrogens with one attached hydrogen (secondary N) is 2. The van der Waals surface area contributed by atoms with Crippen LogP contribution in [0.15, 0.2) is 30.3 Å². The Kier molecular flexibility index (Phi) is 6.90. The largest absolute Gasteiger partial charge is 0.497 e. The topological polar surface area (TPSA) is 102 Å². The van der Waals surface area contributed by atoms with Gasteiger partial charge in [0.2, 0.25) is 5.91 Å². The van der Waals surface area contributed by atoms with E-state index in [9.17, 15) is 18.0 Å². The van der Waals surface area contributed by atoms with Crippen molar-refractivity contribution in [2.75, 3.05) is 23.9 Å². The zero-order valence-corrected chi connectivity index (χ0v) is 20.4. The van der Waals surface area contributed by atoms with Crippen molar-refractivity contribution < 1.29 is 22.7 Å². The molecule has 2 N–H and O–H groups in total. The number of ether oxygens (including phenoxy) is 1. The molecule has 2 heterocycles. The summed E-state index contributed by atoms with van der Waals surface area (Å²) in [6, 6.07) is 6.94. The van der Waals surface area contributed by atoms with Gasteiger partial charge in [0.1, 0.15) is 10.8 Å². The molecule has 0 spiro atoms. The van der Waals surface area contributed by atoms with Crippen molar-refractivity contribution in [3.05, 3.63) is 51.9 Å². The lowest BCUT2D eigenvalue weighted by molar-refractivity contribution is -0.111. The van der Waals surface area contributed by atoms with Gasteiger partial charge in [0.05, 0.1) is 24.2 Å². The number of thiophene rings is 1. The second kappa shape index (κ2) is 9.69. The van der Waals surface area contributed by atoms with Crippen LogP contribution >= 0.6 is 11.3 Å². The molecule has 1 saturated heterocycles. The summed E-state index contributed by atoms with van der Waals surface area (Å²) in [5.74, 6) is 0.686. The maximum atomic E-state index is 13.2. The van der Waals surface area contributed by atoms with Gasteiger partial charge in [-0.15, -0.1) is 11.3 Å². The normalized spacial score (nSPS) is 21.5. The Hall–Kier alpha value is -2.65. The number of carbonyl (C=O) groups is 2. The SMILES string of the molecule is COc1ccc(/C=C/C(=O)Nc2sc3c(c2C(=O)NC2CCS(=O)(=O)C2)CCC(C)C3)cc1. The smallest absolute Gasteiger partial charge is 0.254 e. The highest BCUT2D eigenvalue weighted by atomic mass is 32.2. The van der Waals surface area contributed by atoms with E-state index >= 15 is 0 Å². The van der Waals surface area contributed by atoms with Crippen LogP contribution in [0, 0.1) is 5.92 Å². The van der Waals surface area contributed by atoms with Crippen LogP contribution in [0.25, 0.3) is 6.08 Å². The minimum atomic E-state index is -3.10. The number of fused-ring (bicyclic) bond motifs is 1. The predicted molar refractivity (Wildman–Crippen MR) is 131 cm³/mol. The molecule has 0 saturated carbocycles. The Labute approximate surface area is 198 Å². The van der Waals surface area contributed by atoms with Crippen molar-refractivity contribution in [2.45, 2.75) is 38.6 Å². The number of hydrogen-bond acceptors (Lipinski definition) is 6. The van der Waals surface area contributed by atoms with Crippen LogP contribution in [-0.2, 0) is 27.5 Å². The molecule has 1 aliphatic heterocycles. The Bertz CT molecular complexity index is 1180. The first-order valence-corrected chi connectivity index (χ1v) is 13.7. The van der Waals surface area contributed by atoms with E-state index in [4.69, 9.17) is 4.74 Å². The van der Waals surface area contributed by atoms with Gasteiger partial charge in [-0.05, 0) is 60.9 Å². The van der Waals surface area contributed by atoms with Crippen LogP contribution in [0.2, 0.25) is 0 Å². The van der Waals surface area contributed by atoms with Gasteiger partial charge in [0, 0.05) is 17.0 Å². The van der Waals surface area contributed by atoms with E-state index in [1.807, 2.05) is 24.3 Å². The maximum absolute atomic E-state index is 13.2. The van der Waals surface area contributed by atoms with E-state index in [0.717, 1.165) is 41.0 Å². The molecule has 0 radical (unpaired) electrons. The molecule has 2 unspecified atom stereocenters. The minimum Gasteiger partial charge on any atom is -0.497 e. The quantitative estimate of drug-likeness (QED) is 0.607. The van der Waals surface area contributed by atoms with E-state index in [2.05, 4.69) is 17.6 Å². The van der Waals surface area contributed by atoms with E-state index < -0.39 is 9.84 Å². The molecule has 0 bridgehead atoms. The van der Waals surface area contributed by atoms with Gasteiger partial charge in [-0.1, -0.05) is 19.1 Å². The van der Waals surface area contributed by atoms with E-state index in [-0.39, 0.29) is 29.4 Å². The number of benzene rings is 1. The number of methoxy groups -OCH3 is 1. The number of anilines is 1. The van der Waals surface area contributed by atoms with Crippen LogP contribution in [0.5, 0.6) is 5.75 Å². The molecule has 2 aromatic rings. The Morgan fingerprint density at radius 2 is 1.94 bits per heavy atom. The fraction of sp³-hybridized carbons (Fsp3) is 0.417. The van der Waals surface area contributed by atoms with Crippen LogP contribution in [-0.4, -0.2) is 44.9 Å². The summed E-state index contributed by atoms with van der Waals surface area (Å²) in [6.07, 6.45) is 6.18. The molecule has 4 rings (SSSR count). The standard InChI is InChI=1S/C24H28N2O5S2/c1-15-3-9-19-20(13-15)32-24(22(19)23(28)25-17-11-12-33(29,30)14-17)26-21(27)10-6-16-4-7-18(31-2)8-5-16/h4-8,10,15,17H,3,9,11-14H2,1-2H3,(H,25,28)(H,26,27)/b10-6+. The fourth-order valence-electron chi connectivity index (χ4n) is 4.29. The summed E-state index contributed by atoms with van der Waals surface area (Å²) >= 11 is 1.45. The Morgan fingerprint density at radius 3 is 2.61 bits per heavy atom. The van der Waals surface area contributed by atoms with Crippen molar-refractivity contribution in [2.24, 2.45) is 5.92 Å². The number of carbonyl (C=O) groups excluding carboxylic acids is 2. The molecular weight excluding hydrogens is 460 g/mol. The highest BCUT2D eigenvalue weighted by Gasteiger charge is 2.32. The zero-order chi connectivity index (χ0) is 23.6. The number of rotatable bonds is 6. The molecule has 2 aliphatic rings. The first-order valence-electron chi connectivity index (χ1n) is 11.0. The maximum Gasteiger partial charge on any atom is 0.254 e. The Morgan fingerprint density at radius 1 is 1.18 bits per heavy atom. The van der Waals surface area contributed by atoms with Crippen LogP contribution in [0.3, 0.4) is 0 Å². The summed E-state index contributed by atoms with van der Waals surface area (Å²) in [6.45, 7) is 2.18. The molecule has 176 valence electrons. The number of hydrogen-bond donors (Lipinski definition) is 2. The zero-order valence-electron chi connectivity index (χ0n) is 18.7. The van der Waals surface area contributed by atoms with Gasteiger partial charge in [-0.3, -0.25) is 9.59 Å². The first-order chi connectivity index (χ1) is 15.7. The third-order valence-corrected chi connectivity index (χ3v) is 9.02. The van der Waals surface area contributed by atoms with Crippen LogP contribution in [0.4, 0.5) is 5.00 Å². The molecule has 1 fully saturated rings. The minimum absolute atomic E-state index is 0.0333. The van der Waals surface area contributed by atoms with Gasteiger partial charge in [0.25, 0.3) is 5.91 Å². The fourth-order valence-corrected chi connectivity index (χ4v) is 7.37. The average molecular weight is 489 g/mol. The van der Waals surface area contributed by atoms with Gasteiger partial charge < -0.3 is 15.4 Å². The molecule has 1 aromatic heterocycles. The summed E-state index contributed by atoms with van der Waals surface area (Å²) in [4.78, 5) is 27.0. The van der Waals surface area contributed by atoms with Gasteiger partial charge in [-0.25, -0.2) is 8.42 Å². The lowest BCUT2D eigenvalue weighted by Gasteiger charge is -2.19. The van der Waals surface area contributed by atoms with E-state index in [0.29, 0.717) is 22.9 Å². The lowest BCUT2D eigenvalue weighted by atomic mass is 9.88. The molecule has 1 aliphatic carbocycles. The van der Waals surface area contributed by atoms with Gasteiger partial charge in [-0.2, -0.15) is 0 Å². The van der Waals surface area contributed by atoms with Crippen LogP contribution < -0.4 is 15.4 Å². The highest BCUT2D eigenvalue weighted by molar-refractivity contribution is 7.91. The highest BCUT2D eigenvalue weighted by Crippen LogP contribution is 2.39. The van der Waals surface area contributed by atoms with Crippen molar-refractivity contribution in [3.8, 4) is 5.75 Å². The third kappa shape index (κ3) is 5.65. The number of amides is 2. The van der Waals surface area contributed by atoms with E-state index in [1.54, 1.807) is 13.2 Å². The summed E-state index contributed by atoms with van der Waals surface area (Å²) in [5, 5.41) is 6.30.